The van der Waals surface area contributed by atoms with E-state index in [9.17, 15) is 13.6 Å². The summed E-state index contributed by atoms with van der Waals surface area (Å²) in [6, 6.07) is 20.6. The van der Waals surface area contributed by atoms with Crippen LogP contribution < -0.4 is 5.32 Å². The van der Waals surface area contributed by atoms with Crippen molar-refractivity contribution in [2.75, 3.05) is 31.6 Å². The number of rotatable bonds is 6. The zero-order valence-corrected chi connectivity index (χ0v) is 19.0. The van der Waals surface area contributed by atoms with Crippen LogP contribution in [0.1, 0.15) is 28.0 Å². The Morgan fingerprint density at radius 1 is 0.971 bits per heavy atom. The van der Waals surface area contributed by atoms with Crippen LogP contribution in [0, 0.1) is 0 Å². The Morgan fingerprint density at radius 2 is 1.77 bits per heavy atom. The van der Waals surface area contributed by atoms with Crippen LogP contribution in [-0.4, -0.2) is 47.1 Å². The number of carbonyl (C=O) groups excluding carboxylic acids is 1. The molecule has 178 valence electrons. The third kappa shape index (κ3) is 5.34. The lowest BCUT2D eigenvalue weighted by Gasteiger charge is -2.26. The highest BCUT2D eigenvalue weighted by molar-refractivity contribution is 6.11. The maximum Gasteiger partial charge on any atom is 0.263 e. The van der Waals surface area contributed by atoms with Crippen molar-refractivity contribution in [1.82, 2.24) is 14.9 Å². The van der Waals surface area contributed by atoms with Crippen molar-refractivity contribution < 1.29 is 18.3 Å². The van der Waals surface area contributed by atoms with Crippen LogP contribution in [0.3, 0.4) is 0 Å². The lowest BCUT2D eigenvalue weighted by atomic mass is 10.0. The van der Waals surface area contributed by atoms with E-state index in [1.165, 1.54) is 12.1 Å². The summed E-state index contributed by atoms with van der Waals surface area (Å²) >= 11 is 0. The van der Waals surface area contributed by atoms with Gasteiger partial charge in [-0.25, -0.2) is 18.7 Å². The Hall–Kier alpha value is -3.75. The van der Waals surface area contributed by atoms with Gasteiger partial charge in [0.05, 0.1) is 35.7 Å². The number of morpholine rings is 1. The van der Waals surface area contributed by atoms with Crippen LogP contribution in [0.4, 0.5) is 14.6 Å². The molecule has 4 aromatic rings. The minimum atomic E-state index is -2.57. The Kier molecular flexibility index (Phi) is 6.74. The number of nitrogens with zero attached hydrogens (tertiary/aromatic N) is 3. The molecule has 0 radical (unpaired) electrons. The van der Waals surface area contributed by atoms with Crippen molar-refractivity contribution >= 4 is 22.6 Å². The van der Waals surface area contributed by atoms with Crippen molar-refractivity contribution in [1.29, 1.82) is 0 Å². The summed E-state index contributed by atoms with van der Waals surface area (Å²) in [7, 11) is 0. The molecule has 0 aliphatic carbocycles. The molecule has 1 fully saturated rings. The van der Waals surface area contributed by atoms with Crippen molar-refractivity contribution in [3.63, 3.8) is 0 Å². The fourth-order valence-electron chi connectivity index (χ4n) is 4.13. The maximum atomic E-state index is 13.2. The second kappa shape index (κ2) is 10.2. The summed E-state index contributed by atoms with van der Waals surface area (Å²) in [6.07, 6.45) is -2.57. The molecule has 0 spiro atoms. The van der Waals surface area contributed by atoms with Gasteiger partial charge < -0.3 is 10.1 Å². The highest BCUT2D eigenvalue weighted by atomic mass is 19.3. The fraction of sp³-hybridized carbons (Fsp3) is 0.222. The van der Waals surface area contributed by atoms with Gasteiger partial charge in [0.15, 0.2) is 0 Å². The van der Waals surface area contributed by atoms with Gasteiger partial charge in [0, 0.05) is 36.1 Å². The predicted molar refractivity (Wildman–Crippen MR) is 130 cm³/mol. The van der Waals surface area contributed by atoms with E-state index < -0.39 is 6.43 Å². The van der Waals surface area contributed by atoms with Crippen LogP contribution in [-0.2, 0) is 11.3 Å². The van der Waals surface area contributed by atoms with Crippen molar-refractivity contribution in [2.24, 2.45) is 0 Å². The molecule has 1 amide bonds. The van der Waals surface area contributed by atoms with Crippen LogP contribution in [0.25, 0.3) is 22.2 Å². The lowest BCUT2D eigenvalue weighted by Crippen LogP contribution is -2.35. The number of anilines is 1. The molecule has 6 nitrogen and oxygen atoms in total. The zero-order chi connectivity index (χ0) is 24.2. The molecule has 3 heterocycles. The molecule has 8 heteroatoms. The quantitative estimate of drug-likeness (QED) is 0.410. The van der Waals surface area contributed by atoms with E-state index in [1.54, 1.807) is 36.4 Å². The fourth-order valence-corrected chi connectivity index (χ4v) is 4.13. The van der Waals surface area contributed by atoms with E-state index in [-0.39, 0.29) is 11.5 Å². The first-order valence-corrected chi connectivity index (χ1v) is 11.4. The first-order valence-electron chi connectivity index (χ1n) is 11.4. The van der Waals surface area contributed by atoms with Gasteiger partial charge in [-0.3, -0.25) is 9.69 Å². The number of hydrogen-bond donors (Lipinski definition) is 1. The number of benzene rings is 2. The predicted octanol–water partition coefficient (Wildman–Crippen LogP) is 5.32. The summed E-state index contributed by atoms with van der Waals surface area (Å²) in [4.78, 5) is 24.7. The van der Waals surface area contributed by atoms with Gasteiger partial charge in [0.2, 0.25) is 0 Å². The highest BCUT2D eigenvalue weighted by Crippen LogP contribution is 2.27. The SMILES string of the molecule is O=C(Nc1cccc(CN2CCOCC2)n1)c1cccc2ccc(-c3cccc(C(F)F)c3)nc12. The number of nitrogens with one attached hydrogen (secondary N) is 1. The number of alkyl halides is 2. The van der Waals surface area contributed by atoms with E-state index in [0.29, 0.717) is 47.9 Å². The Morgan fingerprint density at radius 3 is 2.60 bits per heavy atom. The lowest BCUT2D eigenvalue weighted by molar-refractivity contribution is 0.0337. The monoisotopic (exact) mass is 474 g/mol. The molecule has 0 saturated carbocycles. The number of aromatic nitrogens is 2. The van der Waals surface area contributed by atoms with E-state index in [0.717, 1.165) is 24.2 Å². The molecular formula is C27H24F2N4O2. The number of fused-ring (bicyclic) bond motifs is 1. The van der Waals surface area contributed by atoms with E-state index in [4.69, 9.17) is 4.74 Å². The Labute approximate surface area is 201 Å². The Balaban J connectivity index is 1.40. The normalized spacial score (nSPS) is 14.4. The molecule has 1 N–H and O–H groups in total. The summed E-state index contributed by atoms with van der Waals surface area (Å²) in [5.74, 6) is 0.121. The molecule has 1 aliphatic heterocycles. The number of halogens is 2. The molecule has 2 aromatic heterocycles. The average molecular weight is 475 g/mol. The summed E-state index contributed by atoms with van der Waals surface area (Å²) < 4.78 is 31.7. The molecule has 5 rings (SSSR count). The molecule has 2 aromatic carbocycles. The minimum absolute atomic E-state index is 0.0709. The number of ether oxygens (including phenoxy) is 1. The number of amides is 1. The van der Waals surface area contributed by atoms with Gasteiger partial charge in [0.1, 0.15) is 5.82 Å². The zero-order valence-electron chi connectivity index (χ0n) is 19.0. The second-order valence-corrected chi connectivity index (χ2v) is 8.36. The van der Waals surface area contributed by atoms with Crippen LogP contribution in [0.5, 0.6) is 0 Å². The van der Waals surface area contributed by atoms with E-state index in [1.807, 2.05) is 24.3 Å². The van der Waals surface area contributed by atoms with Gasteiger partial charge in [0.25, 0.3) is 12.3 Å². The van der Waals surface area contributed by atoms with Crippen molar-refractivity contribution in [3.05, 3.63) is 89.6 Å². The van der Waals surface area contributed by atoms with Gasteiger partial charge in [-0.1, -0.05) is 42.5 Å². The smallest absolute Gasteiger partial charge is 0.263 e. The molecule has 1 saturated heterocycles. The number of hydrogen-bond acceptors (Lipinski definition) is 5. The third-order valence-electron chi connectivity index (χ3n) is 5.94. The van der Waals surface area contributed by atoms with Gasteiger partial charge >= 0.3 is 0 Å². The topological polar surface area (TPSA) is 67.4 Å². The summed E-state index contributed by atoms with van der Waals surface area (Å²) in [5, 5.41) is 3.66. The number of carbonyl (C=O) groups is 1. The molecular weight excluding hydrogens is 450 g/mol. The summed E-state index contributed by atoms with van der Waals surface area (Å²) in [5.41, 5.74) is 2.76. The van der Waals surface area contributed by atoms with Crippen molar-refractivity contribution in [3.8, 4) is 11.3 Å². The van der Waals surface area contributed by atoms with Gasteiger partial charge in [-0.2, -0.15) is 0 Å². The standard InChI is InChI=1S/C27H24F2N4O2/c28-26(29)20-6-1-5-19(16-20)23-11-10-18-4-2-8-22(25(18)31-23)27(34)32-24-9-3-7-21(30-24)17-33-12-14-35-15-13-33/h1-11,16,26H,12-15,17H2,(H,30,32,34). The molecule has 0 atom stereocenters. The molecule has 35 heavy (non-hydrogen) atoms. The van der Waals surface area contributed by atoms with Crippen LogP contribution in [0.2, 0.25) is 0 Å². The number of para-hydroxylation sites is 1. The maximum absolute atomic E-state index is 13.2. The molecule has 0 bridgehead atoms. The van der Waals surface area contributed by atoms with Crippen LogP contribution >= 0.6 is 0 Å². The van der Waals surface area contributed by atoms with Gasteiger partial charge in [-0.15, -0.1) is 0 Å². The second-order valence-electron chi connectivity index (χ2n) is 8.36. The first-order chi connectivity index (χ1) is 17.1. The van der Waals surface area contributed by atoms with Crippen LogP contribution in [0.15, 0.2) is 72.8 Å². The van der Waals surface area contributed by atoms with Crippen molar-refractivity contribution in [2.45, 2.75) is 13.0 Å². The Bertz CT molecular complexity index is 1360. The minimum Gasteiger partial charge on any atom is -0.379 e. The average Bonchev–Trinajstić information content (AvgIpc) is 2.89. The molecule has 1 aliphatic rings. The molecule has 0 unspecified atom stereocenters. The third-order valence-corrected chi connectivity index (χ3v) is 5.94. The number of pyridine rings is 2. The van der Waals surface area contributed by atoms with Gasteiger partial charge in [-0.05, 0) is 30.3 Å². The summed E-state index contributed by atoms with van der Waals surface area (Å²) in [6.45, 7) is 3.80. The highest BCUT2D eigenvalue weighted by Gasteiger charge is 2.16. The van der Waals surface area contributed by atoms with E-state index >= 15 is 0 Å². The van der Waals surface area contributed by atoms with E-state index in [2.05, 4.69) is 20.2 Å². The largest absolute Gasteiger partial charge is 0.379 e. The first kappa shape index (κ1) is 23.0.